The van der Waals surface area contributed by atoms with Crippen LogP contribution in [-0.4, -0.2) is 11.2 Å². The molecular weight excluding hydrogens is 238 g/mol. The molecule has 1 aliphatic carbocycles. The van der Waals surface area contributed by atoms with Crippen molar-refractivity contribution in [3.8, 4) is 5.75 Å². The predicted molar refractivity (Wildman–Crippen MR) is 64.4 cm³/mol. The number of rotatable bonds is 3. The molecule has 2 rings (SSSR count). The van der Waals surface area contributed by atoms with Gasteiger partial charge in [0.15, 0.2) is 17.4 Å². The van der Waals surface area contributed by atoms with E-state index in [1.54, 1.807) is 0 Å². The van der Waals surface area contributed by atoms with Crippen LogP contribution < -0.4 is 4.74 Å². The number of aliphatic hydroxyl groups excluding tert-OH is 1. The molecule has 0 bridgehead atoms. The van der Waals surface area contributed by atoms with Crippen molar-refractivity contribution in [2.45, 2.75) is 51.2 Å². The van der Waals surface area contributed by atoms with Gasteiger partial charge in [0, 0.05) is 0 Å². The second kappa shape index (κ2) is 6.14. The van der Waals surface area contributed by atoms with Crippen LogP contribution in [0.15, 0.2) is 12.1 Å². The minimum atomic E-state index is -0.733. The van der Waals surface area contributed by atoms with E-state index in [1.807, 2.05) is 0 Å². The van der Waals surface area contributed by atoms with Crippen LogP contribution in [0.25, 0.3) is 0 Å². The van der Waals surface area contributed by atoms with Crippen molar-refractivity contribution >= 4 is 0 Å². The molecule has 1 aliphatic rings. The van der Waals surface area contributed by atoms with Gasteiger partial charge >= 0.3 is 0 Å². The Morgan fingerprint density at radius 3 is 2.11 bits per heavy atom. The molecule has 2 nitrogen and oxygen atoms in total. The summed E-state index contributed by atoms with van der Waals surface area (Å²) >= 11 is 0. The van der Waals surface area contributed by atoms with Crippen LogP contribution in [0, 0.1) is 11.6 Å². The van der Waals surface area contributed by atoms with Gasteiger partial charge in [0.1, 0.15) is 0 Å². The quantitative estimate of drug-likeness (QED) is 0.838. The normalized spacial score (nSPS) is 17.5. The zero-order valence-electron chi connectivity index (χ0n) is 10.3. The third kappa shape index (κ3) is 3.19. The van der Waals surface area contributed by atoms with Crippen molar-refractivity contribution in [2.75, 3.05) is 0 Å². The topological polar surface area (TPSA) is 29.5 Å². The molecule has 0 saturated heterocycles. The van der Waals surface area contributed by atoms with E-state index < -0.39 is 11.6 Å². The van der Waals surface area contributed by atoms with Gasteiger partial charge in [-0.15, -0.1) is 0 Å². The van der Waals surface area contributed by atoms with Crippen molar-refractivity contribution in [2.24, 2.45) is 0 Å². The molecule has 1 aromatic carbocycles. The summed E-state index contributed by atoms with van der Waals surface area (Å²) in [6.07, 6.45) is 6.01. The summed E-state index contributed by atoms with van der Waals surface area (Å²) in [5.74, 6) is -1.77. The molecule has 1 fully saturated rings. The molecule has 0 amide bonds. The summed E-state index contributed by atoms with van der Waals surface area (Å²) in [6, 6.07) is 2.24. The number of halogens is 2. The van der Waals surface area contributed by atoms with E-state index in [-0.39, 0.29) is 24.0 Å². The molecule has 0 atom stereocenters. The van der Waals surface area contributed by atoms with Crippen LogP contribution in [-0.2, 0) is 6.61 Å². The minimum Gasteiger partial charge on any atom is -0.484 e. The van der Waals surface area contributed by atoms with E-state index in [0.717, 1.165) is 50.7 Å². The number of hydrogen-bond acceptors (Lipinski definition) is 2. The molecular formula is C14H18F2O2. The first-order valence-corrected chi connectivity index (χ1v) is 6.46. The molecule has 1 saturated carbocycles. The van der Waals surface area contributed by atoms with Gasteiger partial charge in [0.2, 0.25) is 0 Å². The largest absolute Gasteiger partial charge is 0.484 e. The summed E-state index contributed by atoms with van der Waals surface area (Å²) < 4.78 is 32.8. The molecule has 0 spiro atoms. The number of hydrogen-bond donors (Lipinski definition) is 1. The molecule has 4 heteroatoms. The zero-order valence-corrected chi connectivity index (χ0v) is 10.3. The van der Waals surface area contributed by atoms with Crippen molar-refractivity contribution in [1.82, 2.24) is 0 Å². The van der Waals surface area contributed by atoms with Gasteiger partial charge in [-0.25, -0.2) is 8.78 Å². The summed E-state index contributed by atoms with van der Waals surface area (Å²) in [7, 11) is 0. The maximum absolute atomic E-state index is 13.7. The van der Waals surface area contributed by atoms with E-state index in [2.05, 4.69) is 0 Å². The molecule has 0 heterocycles. The Labute approximate surface area is 106 Å². The third-order valence-corrected chi connectivity index (χ3v) is 3.33. The average molecular weight is 256 g/mol. The van der Waals surface area contributed by atoms with Gasteiger partial charge < -0.3 is 9.84 Å². The fourth-order valence-electron chi connectivity index (χ4n) is 2.34. The van der Waals surface area contributed by atoms with Crippen LogP contribution in [0.3, 0.4) is 0 Å². The molecule has 0 unspecified atom stereocenters. The Balaban J connectivity index is 2.12. The first kappa shape index (κ1) is 13.3. The van der Waals surface area contributed by atoms with E-state index in [4.69, 9.17) is 9.84 Å². The van der Waals surface area contributed by atoms with Crippen LogP contribution in [0.4, 0.5) is 8.78 Å². The Morgan fingerprint density at radius 2 is 1.61 bits per heavy atom. The Morgan fingerprint density at radius 1 is 1.06 bits per heavy atom. The fraction of sp³-hybridized carbons (Fsp3) is 0.571. The summed E-state index contributed by atoms with van der Waals surface area (Å²) in [5.41, 5.74) is 0.221. The summed E-state index contributed by atoms with van der Waals surface area (Å²) in [4.78, 5) is 0. The van der Waals surface area contributed by atoms with Gasteiger partial charge in [-0.05, 0) is 43.4 Å². The standard InChI is InChI=1S/C14H18F2O2/c15-12-7-10(9-17)8-13(16)14(12)18-11-5-3-1-2-4-6-11/h7-8,11,17H,1-6,9H2. The highest BCUT2D eigenvalue weighted by atomic mass is 19.1. The zero-order chi connectivity index (χ0) is 13.0. The van der Waals surface area contributed by atoms with Crippen LogP contribution >= 0.6 is 0 Å². The van der Waals surface area contributed by atoms with Crippen molar-refractivity contribution < 1.29 is 18.6 Å². The minimum absolute atomic E-state index is 0.100. The van der Waals surface area contributed by atoms with Crippen LogP contribution in [0.2, 0.25) is 0 Å². The molecule has 0 aromatic heterocycles. The highest BCUT2D eigenvalue weighted by molar-refractivity contribution is 5.31. The predicted octanol–water partition coefficient (Wildman–Crippen LogP) is 3.56. The lowest BCUT2D eigenvalue weighted by Crippen LogP contribution is -2.17. The van der Waals surface area contributed by atoms with E-state index in [0.29, 0.717) is 0 Å². The lowest BCUT2D eigenvalue weighted by molar-refractivity contribution is 0.167. The first-order chi connectivity index (χ1) is 8.70. The maximum Gasteiger partial charge on any atom is 0.191 e. The fourth-order valence-corrected chi connectivity index (χ4v) is 2.34. The van der Waals surface area contributed by atoms with Gasteiger partial charge in [-0.1, -0.05) is 12.8 Å². The molecule has 1 N–H and O–H groups in total. The highest BCUT2D eigenvalue weighted by Gasteiger charge is 2.19. The van der Waals surface area contributed by atoms with Crippen LogP contribution in [0.1, 0.15) is 44.1 Å². The summed E-state index contributed by atoms with van der Waals surface area (Å²) in [5, 5.41) is 8.86. The first-order valence-electron chi connectivity index (χ1n) is 6.46. The number of benzene rings is 1. The molecule has 1 aromatic rings. The second-order valence-electron chi connectivity index (χ2n) is 4.78. The lowest BCUT2D eigenvalue weighted by atomic mass is 10.1. The van der Waals surface area contributed by atoms with Gasteiger partial charge in [0.25, 0.3) is 0 Å². The second-order valence-corrected chi connectivity index (χ2v) is 4.78. The van der Waals surface area contributed by atoms with Gasteiger partial charge in [0.05, 0.1) is 12.7 Å². The Kier molecular flexibility index (Phi) is 4.53. The SMILES string of the molecule is OCc1cc(F)c(OC2CCCCCC2)c(F)c1. The molecule has 0 aliphatic heterocycles. The smallest absolute Gasteiger partial charge is 0.191 e. The highest BCUT2D eigenvalue weighted by Crippen LogP contribution is 2.28. The van der Waals surface area contributed by atoms with E-state index in [1.165, 1.54) is 0 Å². The van der Waals surface area contributed by atoms with Crippen molar-refractivity contribution in [1.29, 1.82) is 0 Å². The van der Waals surface area contributed by atoms with Crippen molar-refractivity contribution in [3.63, 3.8) is 0 Å². The Hall–Kier alpha value is -1.16. The molecule has 100 valence electrons. The lowest BCUT2D eigenvalue weighted by Gasteiger charge is -2.18. The number of ether oxygens (including phenoxy) is 1. The molecule has 18 heavy (non-hydrogen) atoms. The monoisotopic (exact) mass is 256 g/mol. The third-order valence-electron chi connectivity index (χ3n) is 3.33. The van der Waals surface area contributed by atoms with Gasteiger partial charge in [-0.3, -0.25) is 0 Å². The van der Waals surface area contributed by atoms with E-state index >= 15 is 0 Å². The van der Waals surface area contributed by atoms with Crippen LogP contribution in [0.5, 0.6) is 5.75 Å². The number of aliphatic hydroxyl groups is 1. The Bertz CT molecular complexity index is 376. The van der Waals surface area contributed by atoms with E-state index in [9.17, 15) is 8.78 Å². The maximum atomic E-state index is 13.7. The summed E-state index contributed by atoms with van der Waals surface area (Å²) in [6.45, 7) is -0.377. The van der Waals surface area contributed by atoms with Crippen molar-refractivity contribution in [3.05, 3.63) is 29.3 Å². The van der Waals surface area contributed by atoms with Gasteiger partial charge in [-0.2, -0.15) is 0 Å². The average Bonchev–Trinajstić information content (AvgIpc) is 2.62. The molecule has 0 radical (unpaired) electrons.